The normalized spacial score (nSPS) is 22.7. The molecular formula is C48H54. The summed E-state index contributed by atoms with van der Waals surface area (Å²) in [5.41, 5.74) is 23.3. The summed E-state index contributed by atoms with van der Waals surface area (Å²) in [5.74, 6) is 1.51. The van der Waals surface area contributed by atoms with Gasteiger partial charge in [0.1, 0.15) is 0 Å². The van der Waals surface area contributed by atoms with Crippen molar-refractivity contribution in [3.05, 3.63) is 127 Å². The van der Waals surface area contributed by atoms with E-state index in [4.69, 9.17) is 0 Å². The van der Waals surface area contributed by atoms with Crippen LogP contribution in [-0.2, 0) is 22.7 Å². The van der Waals surface area contributed by atoms with Crippen LogP contribution < -0.4 is 0 Å². The molecule has 2 atom stereocenters. The molecule has 8 rings (SSSR count). The molecule has 4 aromatic carbocycles. The van der Waals surface area contributed by atoms with Gasteiger partial charge in [-0.3, -0.25) is 0 Å². The summed E-state index contributed by atoms with van der Waals surface area (Å²) in [4.78, 5) is 0. The third-order valence-electron chi connectivity index (χ3n) is 12.7. The number of hydrogen-bond acceptors (Lipinski definition) is 0. The van der Waals surface area contributed by atoms with E-state index >= 15 is 0 Å². The predicted molar refractivity (Wildman–Crippen MR) is 208 cm³/mol. The van der Waals surface area contributed by atoms with Crippen molar-refractivity contribution in [3.63, 3.8) is 0 Å². The maximum Gasteiger partial charge on any atom is 0.0473 e. The summed E-state index contributed by atoms with van der Waals surface area (Å²) in [5, 5.41) is 2.90. The van der Waals surface area contributed by atoms with Crippen LogP contribution in [0.2, 0.25) is 0 Å². The Kier molecular flexibility index (Phi) is 6.56. The van der Waals surface area contributed by atoms with E-state index < -0.39 is 0 Å². The molecule has 0 heteroatoms. The fourth-order valence-electron chi connectivity index (χ4n) is 11.6. The molecule has 0 fully saturated rings. The minimum atomic E-state index is -0.218. The van der Waals surface area contributed by atoms with Gasteiger partial charge in [-0.15, -0.1) is 0 Å². The van der Waals surface area contributed by atoms with Gasteiger partial charge < -0.3 is 0 Å². The van der Waals surface area contributed by atoms with Crippen molar-refractivity contribution in [1.82, 2.24) is 0 Å². The number of fused-ring (bicyclic) bond motifs is 12. The van der Waals surface area contributed by atoms with Crippen LogP contribution in [0.15, 0.2) is 71.8 Å². The molecule has 0 N–H and O–H groups in total. The van der Waals surface area contributed by atoms with Crippen LogP contribution in [0.5, 0.6) is 0 Å². The maximum absolute atomic E-state index is 2.68. The lowest BCUT2D eigenvalue weighted by atomic mass is 9.58. The quantitative estimate of drug-likeness (QED) is 0.211. The van der Waals surface area contributed by atoms with E-state index in [1.807, 2.05) is 0 Å². The number of allylic oxidation sites excluding steroid dienone is 6. The van der Waals surface area contributed by atoms with Crippen molar-refractivity contribution in [1.29, 1.82) is 0 Å². The molecule has 4 aromatic rings. The first kappa shape index (κ1) is 31.6. The van der Waals surface area contributed by atoms with Crippen molar-refractivity contribution in [2.45, 2.75) is 113 Å². The Morgan fingerprint density at radius 3 is 2.02 bits per heavy atom. The Hall–Kier alpha value is -3.64. The average Bonchev–Trinajstić information content (AvgIpc) is 3.47. The van der Waals surface area contributed by atoms with Gasteiger partial charge in [0.15, 0.2) is 0 Å². The van der Waals surface area contributed by atoms with Gasteiger partial charge in [0, 0.05) is 16.2 Å². The monoisotopic (exact) mass is 630 g/mol. The van der Waals surface area contributed by atoms with Crippen molar-refractivity contribution in [3.8, 4) is 11.1 Å². The molecule has 0 aliphatic heterocycles. The van der Waals surface area contributed by atoms with Crippen LogP contribution in [0.25, 0.3) is 33.0 Å². The van der Waals surface area contributed by atoms with Gasteiger partial charge in [-0.1, -0.05) is 133 Å². The van der Waals surface area contributed by atoms with Gasteiger partial charge in [-0.2, -0.15) is 0 Å². The van der Waals surface area contributed by atoms with E-state index in [0.29, 0.717) is 17.8 Å². The van der Waals surface area contributed by atoms with Gasteiger partial charge in [-0.25, -0.2) is 0 Å². The molecular weight excluding hydrogens is 577 g/mol. The topological polar surface area (TPSA) is 0 Å². The Balaban J connectivity index is 1.51. The first-order chi connectivity index (χ1) is 22.5. The molecule has 0 radical (unpaired) electrons. The van der Waals surface area contributed by atoms with Crippen LogP contribution in [0.1, 0.15) is 125 Å². The van der Waals surface area contributed by atoms with E-state index in [0.717, 1.165) is 6.42 Å². The first-order valence-electron chi connectivity index (χ1n) is 18.5. The van der Waals surface area contributed by atoms with Gasteiger partial charge in [0.05, 0.1) is 0 Å². The largest absolute Gasteiger partial charge is 0.0682 e. The van der Waals surface area contributed by atoms with Crippen molar-refractivity contribution in [2.75, 3.05) is 0 Å². The second-order valence-corrected chi connectivity index (χ2v) is 17.9. The van der Waals surface area contributed by atoms with Gasteiger partial charge in [0.25, 0.3) is 0 Å². The zero-order chi connectivity index (χ0) is 34.4. The maximum atomic E-state index is 2.68. The summed E-state index contributed by atoms with van der Waals surface area (Å²) >= 11 is 0. The molecule has 0 saturated heterocycles. The van der Waals surface area contributed by atoms with Crippen LogP contribution in [0, 0.1) is 38.5 Å². The minimum absolute atomic E-state index is 0.0500. The Morgan fingerprint density at radius 2 is 1.33 bits per heavy atom. The van der Waals surface area contributed by atoms with Gasteiger partial charge in [-0.05, 0) is 142 Å². The molecule has 4 aliphatic rings. The minimum Gasteiger partial charge on any atom is -0.0682 e. The molecule has 2 unspecified atom stereocenters. The molecule has 0 heterocycles. The second-order valence-electron chi connectivity index (χ2n) is 17.9. The van der Waals surface area contributed by atoms with Crippen molar-refractivity contribution in [2.24, 2.45) is 17.8 Å². The van der Waals surface area contributed by atoms with E-state index in [9.17, 15) is 0 Å². The molecule has 0 bridgehead atoms. The summed E-state index contributed by atoms with van der Waals surface area (Å²) in [7, 11) is 0. The third kappa shape index (κ3) is 3.84. The van der Waals surface area contributed by atoms with Gasteiger partial charge >= 0.3 is 0 Å². The Morgan fingerprint density at radius 1 is 0.667 bits per heavy atom. The highest BCUT2D eigenvalue weighted by molar-refractivity contribution is 6.13. The van der Waals surface area contributed by atoms with E-state index in [-0.39, 0.29) is 16.2 Å². The van der Waals surface area contributed by atoms with E-state index in [1.54, 1.807) is 22.3 Å². The highest BCUT2D eigenvalue weighted by atomic mass is 14.6. The molecule has 4 aliphatic carbocycles. The molecule has 1 spiro atoms. The molecule has 0 amide bonds. The summed E-state index contributed by atoms with van der Waals surface area (Å²) in [6, 6.07) is 20.0. The lowest BCUT2D eigenvalue weighted by Gasteiger charge is -2.44. The van der Waals surface area contributed by atoms with E-state index in [1.165, 1.54) is 77.6 Å². The average molecular weight is 631 g/mol. The first-order valence-corrected chi connectivity index (χ1v) is 18.5. The number of benzene rings is 4. The second kappa shape index (κ2) is 9.97. The van der Waals surface area contributed by atoms with Gasteiger partial charge in [0.2, 0.25) is 0 Å². The van der Waals surface area contributed by atoms with Crippen molar-refractivity contribution >= 4 is 21.9 Å². The zero-order valence-corrected chi connectivity index (χ0v) is 31.7. The highest BCUT2D eigenvalue weighted by Gasteiger charge is 2.56. The lowest BCUT2D eigenvalue weighted by Crippen LogP contribution is -2.39. The van der Waals surface area contributed by atoms with Crippen LogP contribution in [-0.4, -0.2) is 0 Å². The number of hydrogen-bond donors (Lipinski definition) is 0. The third-order valence-corrected chi connectivity index (χ3v) is 12.7. The van der Waals surface area contributed by atoms with Crippen LogP contribution in [0.3, 0.4) is 0 Å². The smallest absolute Gasteiger partial charge is 0.0473 e. The number of rotatable bonds is 3. The standard InChI is InChI=1S/C48H54/c1-25(2)18-32-14-16-37-34(23-32)45-44(46(37,10)11)33-15-17-38-40(43(33)47(45,12)13)36-22-30(8)39-29(7)19-27(5)21-35(39)42(36)48(38)24-28(6)20-31(9)41(48)26(3)4/h14-17,19-26,41H,18H2,1-13H3. The lowest BCUT2D eigenvalue weighted by molar-refractivity contribution is 0.336. The van der Waals surface area contributed by atoms with E-state index in [2.05, 4.69) is 151 Å². The summed E-state index contributed by atoms with van der Waals surface area (Å²) in [6.07, 6.45) is 6.26. The van der Waals surface area contributed by atoms with Crippen LogP contribution >= 0.6 is 0 Å². The predicted octanol–water partition coefficient (Wildman–Crippen LogP) is 12.9. The Labute approximate surface area is 290 Å². The molecule has 246 valence electrons. The SMILES string of the molecule is CC1=CC2(c3ccc4c(c3-c3cc(C)c5c(C)cc(C)cc5c32)C(C)(C)C2=C4C(C)(C)c3ccc(CC(C)C)cc32)C(C(C)C)C(C)=C1. The molecule has 0 saturated carbocycles. The molecule has 0 aromatic heterocycles. The fourth-order valence-corrected chi connectivity index (χ4v) is 11.6. The fraction of sp³-hybridized carbons (Fsp3) is 0.417. The summed E-state index contributed by atoms with van der Waals surface area (Å²) < 4.78 is 0. The molecule has 48 heavy (non-hydrogen) atoms. The van der Waals surface area contributed by atoms with Crippen LogP contribution in [0.4, 0.5) is 0 Å². The Bertz CT molecular complexity index is 2200. The number of aryl methyl sites for hydroxylation is 3. The zero-order valence-electron chi connectivity index (χ0n) is 31.7. The highest BCUT2D eigenvalue weighted by Crippen LogP contribution is 2.68. The van der Waals surface area contributed by atoms with Crippen molar-refractivity contribution < 1.29 is 0 Å². The summed E-state index contributed by atoms with van der Waals surface area (Å²) in [6.45, 7) is 31.3. The molecule has 0 nitrogen and oxygen atoms in total.